The molecule has 2 aromatic heterocycles. The van der Waals surface area contributed by atoms with Gasteiger partial charge in [0.15, 0.2) is 0 Å². The van der Waals surface area contributed by atoms with Crippen molar-refractivity contribution >= 4 is 22.8 Å². The number of nitrogens with zero attached hydrogens (tertiary/aromatic N) is 3. The summed E-state index contributed by atoms with van der Waals surface area (Å²) in [4.78, 5) is 30.6. The molecule has 2 N–H and O–H groups in total. The molecule has 0 spiro atoms. The van der Waals surface area contributed by atoms with Gasteiger partial charge in [-0.2, -0.15) is 0 Å². The fourth-order valence-electron chi connectivity index (χ4n) is 3.00. The molecule has 1 aliphatic carbocycles. The maximum Gasteiger partial charge on any atom is 0.293 e. The third-order valence-corrected chi connectivity index (χ3v) is 4.57. The number of hydrogen-bond acceptors (Lipinski definition) is 6. The van der Waals surface area contributed by atoms with Crippen molar-refractivity contribution in [1.29, 1.82) is 0 Å². The average molecular weight is 330 g/mol. The van der Waals surface area contributed by atoms with E-state index in [2.05, 4.69) is 15.5 Å². The van der Waals surface area contributed by atoms with Gasteiger partial charge in [0.1, 0.15) is 0 Å². The zero-order chi connectivity index (χ0) is 16.7. The molecule has 8 nitrogen and oxygen atoms in total. The molecule has 2 amide bonds. The number of carbonyl (C=O) groups excluding carboxylic acids is 2. The van der Waals surface area contributed by atoms with Gasteiger partial charge >= 0.3 is 0 Å². The second-order valence-corrected chi connectivity index (χ2v) is 6.38. The van der Waals surface area contributed by atoms with Gasteiger partial charge in [-0.15, -0.1) is 0 Å². The predicted molar refractivity (Wildman–Crippen MR) is 83.0 cm³/mol. The fourth-order valence-corrected chi connectivity index (χ4v) is 3.00. The van der Waals surface area contributed by atoms with Crippen LogP contribution < -0.4 is 5.32 Å². The van der Waals surface area contributed by atoms with Crippen LogP contribution in [0.15, 0.2) is 22.9 Å². The summed E-state index contributed by atoms with van der Waals surface area (Å²) in [7, 11) is 0. The Morgan fingerprint density at radius 1 is 1.33 bits per heavy atom. The average Bonchev–Trinajstić information content (AvgIpc) is 3.30. The number of fused-ring (bicyclic) bond motifs is 1. The van der Waals surface area contributed by atoms with E-state index in [0.717, 1.165) is 12.8 Å². The Balaban J connectivity index is 1.52. The topological polar surface area (TPSA) is 109 Å². The van der Waals surface area contributed by atoms with Gasteiger partial charge in [-0.25, -0.2) is 4.98 Å². The molecule has 0 aromatic carbocycles. The van der Waals surface area contributed by atoms with Crippen LogP contribution in [0.2, 0.25) is 0 Å². The number of pyridine rings is 1. The van der Waals surface area contributed by atoms with Crippen LogP contribution in [0, 0.1) is 5.92 Å². The van der Waals surface area contributed by atoms with Crippen LogP contribution in [0.1, 0.15) is 29.8 Å². The standard InChI is InChI=1S/C16H18N4O4/c21-12-5-7-20(8-11(12)15(22)18-9-3-4-9)16(23)13-10-2-1-6-17-14(10)19-24-13/h1-2,6,9,11-12,21H,3-5,7-8H2,(H,18,22)/t11-,12+/m0/s1. The Hall–Kier alpha value is -2.48. The summed E-state index contributed by atoms with van der Waals surface area (Å²) in [6.07, 6.45) is 3.16. The summed E-state index contributed by atoms with van der Waals surface area (Å²) in [5, 5.41) is 17.4. The number of rotatable bonds is 3. The lowest BCUT2D eigenvalue weighted by Crippen LogP contribution is -2.51. The van der Waals surface area contributed by atoms with Gasteiger partial charge in [0.25, 0.3) is 5.91 Å². The second kappa shape index (κ2) is 5.86. The van der Waals surface area contributed by atoms with E-state index in [0.29, 0.717) is 24.0 Å². The van der Waals surface area contributed by atoms with Gasteiger partial charge in [0.05, 0.1) is 17.4 Å². The van der Waals surface area contributed by atoms with E-state index in [-0.39, 0.29) is 30.2 Å². The molecule has 0 unspecified atom stereocenters. The van der Waals surface area contributed by atoms with Crippen molar-refractivity contribution in [3.63, 3.8) is 0 Å². The van der Waals surface area contributed by atoms with Crippen LogP contribution >= 0.6 is 0 Å². The highest BCUT2D eigenvalue weighted by atomic mass is 16.5. The minimum Gasteiger partial charge on any atom is -0.392 e. The highest BCUT2D eigenvalue weighted by Crippen LogP contribution is 2.25. The maximum absolute atomic E-state index is 12.7. The van der Waals surface area contributed by atoms with Crippen molar-refractivity contribution in [2.45, 2.75) is 31.4 Å². The Kier molecular flexibility index (Phi) is 3.68. The van der Waals surface area contributed by atoms with E-state index in [1.165, 1.54) is 4.90 Å². The van der Waals surface area contributed by atoms with Gasteiger partial charge in [-0.05, 0) is 31.4 Å². The Morgan fingerprint density at radius 2 is 2.17 bits per heavy atom. The molecule has 126 valence electrons. The van der Waals surface area contributed by atoms with Crippen LogP contribution in [-0.2, 0) is 4.79 Å². The van der Waals surface area contributed by atoms with Gasteiger partial charge < -0.3 is 19.8 Å². The Labute approximate surface area is 137 Å². The fraction of sp³-hybridized carbons (Fsp3) is 0.500. The van der Waals surface area contributed by atoms with E-state index in [9.17, 15) is 14.7 Å². The molecule has 2 atom stereocenters. The Morgan fingerprint density at radius 3 is 2.96 bits per heavy atom. The van der Waals surface area contributed by atoms with Gasteiger partial charge in [0.2, 0.25) is 17.3 Å². The summed E-state index contributed by atoms with van der Waals surface area (Å²) >= 11 is 0. The zero-order valence-electron chi connectivity index (χ0n) is 13.0. The van der Waals surface area contributed by atoms with Crippen LogP contribution in [-0.4, -0.2) is 57.2 Å². The van der Waals surface area contributed by atoms with Crippen molar-refractivity contribution in [3.05, 3.63) is 24.1 Å². The molecule has 2 aliphatic rings. The SMILES string of the molecule is O=C(NC1CC1)[C@H]1CN(C(=O)c2onc3ncccc23)CC[C@H]1O. The van der Waals surface area contributed by atoms with E-state index in [4.69, 9.17) is 4.52 Å². The zero-order valence-corrected chi connectivity index (χ0v) is 13.0. The number of aromatic nitrogens is 2. The lowest BCUT2D eigenvalue weighted by molar-refractivity contribution is -0.131. The van der Waals surface area contributed by atoms with E-state index in [1.807, 2.05) is 0 Å². The quantitative estimate of drug-likeness (QED) is 0.839. The molecule has 8 heteroatoms. The lowest BCUT2D eigenvalue weighted by atomic mass is 9.93. The smallest absolute Gasteiger partial charge is 0.293 e. The van der Waals surface area contributed by atoms with Gasteiger partial charge in [-0.1, -0.05) is 5.16 Å². The molecular formula is C16H18N4O4. The highest BCUT2D eigenvalue weighted by Gasteiger charge is 2.38. The van der Waals surface area contributed by atoms with Crippen molar-refractivity contribution in [3.8, 4) is 0 Å². The summed E-state index contributed by atoms with van der Waals surface area (Å²) in [5.74, 6) is -1.01. The molecule has 1 aliphatic heterocycles. The molecule has 1 saturated heterocycles. The minimum atomic E-state index is -0.735. The van der Waals surface area contributed by atoms with Crippen molar-refractivity contribution in [1.82, 2.24) is 20.4 Å². The first-order valence-electron chi connectivity index (χ1n) is 8.11. The first kappa shape index (κ1) is 15.1. The predicted octanol–water partition coefficient (Wildman–Crippen LogP) is 0.324. The van der Waals surface area contributed by atoms with Crippen molar-refractivity contribution < 1.29 is 19.2 Å². The van der Waals surface area contributed by atoms with Crippen molar-refractivity contribution in [2.24, 2.45) is 5.92 Å². The molecule has 3 heterocycles. The number of aliphatic hydroxyl groups excluding tert-OH is 1. The summed E-state index contributed by atoms with van der Waals surface area (Å²) in [5.41, 5.74) is 0.376. The summed E-state index contributed by atoms with van der Waals surface area (Å²) < 4.78 is 5.16. The minimum absolute atomic E-state index is 0.121. The molecule has 0 radical (unpaired) electrons. The van der Waals surface area contributed by atoms with E-state index < -0.39 is 12.0 Å². The number of aliphatic hydroxyl groups is 1. The van der Waals surface area contributed by atoms with E-state index >= 15 is 0 Å². The van der Waals surface area contributed by atoms with Crippen LogP contribution in [0.4, 0.5) is 0 Å². The molecular weight excluding hydrogens is 312 g/mol. The van der Waals surface area contributed by atoms with Crippen molar-refractivity contribution in [2.75, 3.05) is 13.1 Å². The molecule has 2 fully saturated rings. The first-order valence-corrected chi connectivity index (χ1v) is 8.11. The number of amides is 2. The third-order valence-electron chi connectivity index (χ3n) is 4.57. The number of piperidine rings is 1. The number of nitrogens with one attached hydrogen (secondary N) is 1. The first-order chi connectivity index (χ1) is 11.6. The molecule has 2 aromatic rings. The van der Waals surface area contributed by atoms with Crippen LogP contribution in [0.3, 0.4) is 0 Å². The number of carbonyl (C=O) groups is 2. The molecule has 24 heavy (non-hydrogen) atoms. The summed E-state index contributed by atoms with van der Waals surface area (Å²) in [6, 6.07) is 3.66. The van der Waals surface area contributed by atoms with E-state index in [1.54, 1.807) is 18.3 Å². The maximum atomic E-state index is 12.7. The molecule has 0 bridgehead atoms. The lowest BCUT2D eigenvalue weighted by Gasteiger charge is -2.34. The largest absolute Gasteiger partial charge is 0.392 e. The second-order valence-electron chi connectivity index (χ2n) is 6.38. The number of likely N-dealkylation sites (tertiary alicyclic amines) is 1. The third kappa shape index (κ3) is 2.73. The molecule has 4 rings (SSSR count). The number of hydrogen-bond donors (Lipinski definition) is 2. The van der Waals surface area contributed by atoms with Gasteiger partial charge in [0, 0.05) is 25.3 Å². The Bertz CT molecular complexity index is 785. The highest BCUT2D eigenvalue weighted by molar-refractivity contribution is 6.02. The van der Waals surface area contributed by atoms with Gasteiger partial charge in [-0.3, -0.25) is 9.59 Å². The summed E-state index contributed by atoms with van der Waals surface area (Å²) in [6.45, 7) is 0.538. The molecule has 1 saturated carbocycles. The van der Waals surface area contributed by atoms with Crippen LogP contribution in [0.5, 0.6) is 0 Å². The van der Waals surface area contributed by atoms with Crippen LogP contribution in [0.25, 0.3) is 11.0 Å². The normalized spacial score (nSPS) is 24.1. The monoisotopic (exact) mass is 330 g/mol.